The molecule has 0 unspecified atom stereocenters. The average molecular weight is 429 g/mol. The van der Waals surface area contributed by atoms with Gasteiger partial charge in [0.15, 0.2) is 5.69 Å². The van der Waals surface area contributed by atoms with Crippen LogP contribution in [0, 0.1) is 18.3 Å². The highest BCUT2D eigenvalue weighted by molar-refractivity contribution is 7.09. The molecule has 0 fully saturated rings. The Balaban J connectivity index is 2.03. The first-order chi connectivity index (χ1) is 13.9. The summed E-state index contributed by atoms with van der Waals surface area (Å²) in [6.45, 7) is 3.79. The van der Waals surface area contributed by atoms with E-state index in [9.17, 15) is 9.59 Å². The highest BCUT2D eigenvalue weighted by atomic mass is 35.5. The maximum absolute atomic E-state index is 12.6. The van der Waals surface area contributed by atoms with Crippen molar-refractivity contribution in [3.63, 3.8) is 0 Å². The van der Waals surface area contributed by atoms with Crippen molar-refractivity contribution in [1.29, 1.82) is 5.26 Å². The minimum atomic E-state index is -0.633. The standard InChI is InChI=1S/C20H17ClN4O3S/c1-3-28-20(27)19-15(24-18(26)8-9-22)10-17(21)25(19)14-6-4-13(5-7-14)16-11-29-12(2)23-16/h4-7,10-11H,3,8H2,1-2H3,(H,24,26). The zero-order valence-corrected chi connectivity index (χ0v) is 17.3. The van der Waals surface area contributed by atoms with Crippen LogP contribution < -0.4 is 5.32 Å². The lowest BCUT2D eigenvalue weighted by atomic mass is 10.1. The van der Waals surface area contributed by atoms with Gasteiger partial charge in [0.2, 0.25) is 5.91 Å². The highest BCUT2D eigenvalue weighted by Crippen LogP contribution is 2.31. The van der Waals surface area contributed by atoms with E-state index < -0.39 is 11.9 Å². The van der Waals surface area contributed by atoms with Crippen molar-refractivity contribution in [2.75, 3.05) is 11.9 Å². The van der Waals surface area contributed by atoms with Gasteiger partial charge in [-0.3, -0.25) is 9.36 Å². The molecule has 1 aromatic carbocycles. The Morgan fingerprint density at radius 2 is 2.07 bits per heavy atom. The Hall–Kier alpha value is -3.15. The predicted molar refractivity (Wildman–Crippen MR) is 111 cm³/mol. The third kappa shape index (κ3) is 4.47. The molecule has 1 amide bonds. The lowest BCUT2D eigenvalue weighted by Crippen LogP contribution is -2.17. The maximum atomic E-state index is 12.6. The van der Waals surface area contributed by atoms with Crippen molar-refractivity contribution >= 4 is 40.5 Å². The van der Waals surface area contributed by atoms with E-state index in [1.54, 1.807) is 36.5 Å². The molecule has 1 N–H and O–H groups in total. The topological polar surface area (TPSA) is 97.0 Å². The Labute approximate surface area is 176 Å². The highest BCUT2D eigenvalue weighted by Gasteiger charge is 2.24. The third-order valence-electron chi connectivity index (χ3n) is 3.98. The summed E-state index contributed by atoms with van der Waals surface area (Å²) in [5.74, 6) is -1.17. The second kappa shape index (κ2) is 8.90. The smallest absolute Gasteiger partial charge is 0.357 e. The fourth-order valence-electron chi connectivity index (χ4n) is 2.77. The van der Waals surface area contributed by atoms with E-state index in [2.05, 4.69) is 10.3 Å². The molecule has 148 valence electrons. The second-order valence-electron chi connectivity index (χ2n) is 5.97. The minimum Gasteiger partial charge on any atom is -0.461 e. The van der Waals surface area contributed by atoms with E-state index in [1.165, 1.54) is 10.6 Å². The fraction of sp³-hybridized carbons (Fsp3) is 0.200. The lowest BCUT2D eigenvalue weighted by Gasteiger charge is -2.12. The van der Waals surface area contributed by atoms with Crippen molar-refractivity contribution in [1.82, 2.24) is 9.55 Å². The molecular formula is C20H17ClN4O3S. The number of ether oxygens (including phenoxy) is 1. The zero-order chi connectivity index (χ0) is 21.0. The second-order valence-corrected chi connectivity index (χ2v) is 7.42. The maximum Gasteiger partial charge on any atom is 0.357 e. The molecule has 0 bridgehead atoms. The van der Waals surface area contributed by atoms with Gasteiger partial charge in [-0.05, 0) is 32.0 Å². The predicted octanol–water partition coefficient (Wildman–Crippen LogP) is 4.59. The molecule has 0 aliphatic rings. The number of aryl methyl sites for hydroxylation is 1. The first-order valence-corrected chi connectivity index (χ1v) is 9.98. The summed E-state index contributed by atoms with van der Waals surface area (Å²) in [6.07, 6.45) is -0.340. The van der Waals surface area contributed by atoms with Crippen LogP contribution in [0.2, 0.25) is 5.15 Å². The van der Waals surface area contributed by atoms with Crippen molar-refractivity contribution < 1.29 is 14.3 Å². The number of nitrogens with zero attached hydrogens (tertiary/aromatic N) is 3. The first-order valence-electron chi connectivity index (χ1n) is 8.72. The van der Waals surface area contributed by atoms with E-state index in [1.807, 2.05) is 24.4 Å². The largest absolute Gasteiger partial charge is 0.461 e. The summed E-state index contributed by atoms with van der Waals surface area (Å²) in [6, 6.07) is 10.6. The molecule has 3 rings (SSSR count). The first kappa shape index (κ1) is 20.6. The van der Waals surface area contributed by atoms with E-state index in [0.29, 0.717) is 5.69 Å². The number of amides is 1. The summed E-state index contributed by atoms with van der Waals surface area (Å²) in [7, 11) is 0. The third-order valence-corrected chi connectivity index (χ3v) is 5.03. The quantitative estimate of drug-likeness (QED) is 0.579. The van der Waals surface area contributed by atoms with E-state index in [-0.39, 0.29) is 29.6 Å². The van der Waals surface area contributed by atoms with Crippen LogP contribution in [0.3, 0.4) is 0 Å². The van der Waals surface area contributed by atoms with E-state index in [4.69, 9.17) is 21.6 Å². The summed E-state index contributed by atoms with van der Waals surface area (Å²) in [5.41, 5.74) is 2.69. The molecule has 0 aliphatic carbocycles. The van der Waals surface area contributed by atoms with Gasteiger partial charge < -0.3 is 10.1 Å². The van der Waals surface area contributed by atoms with Gasteiger partial charge in [0.05, 0.1) is 29.1 Å². The van der Waals surface area contributed by atoms with Crippen LogP contribution in [0.5, 0.6) is 0 Å². The molecule has 2 aromatic heterocycles. The zero-order valence-electron chi connectivity index (χ0n) is 15.7. The number of rotatable bonds is 6. The fourth-order valence-corrected chi connectivity index (χ4v) is 3.68. The molecular weight excluding hydrogens is 412 g/mol. The number of nitrogens with one attached hydrogen (secondary N) is 1. The van der Waals surface area contributed by atoms with Gasteiger partial charge in [-0.15, -0.1) is 11.3 Å². The van der Waals surface area contributed by atoms with Gasteiger partial charge in [0.25, 0.3) is 0 Å². The van der Waals surface area contributed by atoms with Gasteiger partial charge in [0.1, 0.15) is 11.6 Å². The number of thiazole rings is 1. The molecule has 0 aliphatic heterocycles. The summed E-state index contributed by atoms with van der Waals surface area (Å²) in [4.78, 5) is 28.9. The number of carbonyl (C=O) groups excluding carboxylic acids is 2. The minimum absolute atomic E-state index is 0.0837. The number of hydrogen-bond acceptors (Lipinski definition) is 6. The Kier molecular flexibility index (Phi) is 6.32. The average Bonchev–Trinajstić information content (AvgIpc) is 3.25. The molecule has 9 heteroatoms. The number of nitriles is 1. The number of carbonyl (C=O) groups is 2. The summed E-state index contributed by atoms with van der Waals surface area (Å²) in [5, 5.41) is 14.4. The van der Waals surface area contributed by atoms with Crippen LogP contribution in [0.15, 0.2) is 35.7 Å². The van der Waals surface area contributed by atoms with Crippen molar-refractivity contribution in [3.8, 4) is 23.0 Å². The van der Waals surface area contributed by atoms with Crippen molar-refractivity contribution in [2.24, 2.45) is 0 Å². The van der Waals surface area contributed by atoms with E-state index >= 15 is 0 Å². The number of hydrogen-bond donors (Lipinski definition) is 1. The molecule has 29 heavy (non-hydrogen) atoms. The molecule has 0 spiro atoms. The van der Waals surface area contributed by atoms with Gasteiger partial charge in [0, 0.05) is 16.6 Å². The number of aromatic nitrogens is 2. The van der Waals surface area contributed by atoms with Crippen molar-refractivity contribution in [2.45, 2.75) is 20.3 Å². The van der Waals surface area contributed by atoms with Crippen LogP contribution >= 0.6 is 22.9 Å². The Morgan fingerprint density at radius 3 is 2.66 bits per heavy atom. The molecule has 3 aromatic rings. The monoisotopic (exact) mass is 428 g/mol. The molecule has 0 saturated carbocycles. The summed E-state index contributed by atoms with van der Waals surface area (Å²) >= 11 is 7.94. The Bertz CT molecular complexity index is 1100. The number of esters is 1. The number of benzene rings is 1. The Morgan fingerprint density at radius 1 is 1.34 bits per heavy atom. The van der Waals surface area contributed by atoms with Crippen LogP contribution in [0.25, 0.3) is 16.9 Å². The van der Waals surface area contributed by atoms with Crippen LogP contribution in [0.1, 0.15) is 28.8 Å². The van der Waals surface area contributed by atoms with Crippen molar-refractivity contribution in [3.05, 3.63) is 51.6 Å². The van der Waals surface area contributed by atoms with Crippen LogP contribution in [0.4, 0.5) is 5.69 Å². The number of anilines is 1. The van der Waals surface area contributed by atoms with Gasteiger partial charge >= 0.3 is 5.97 Å². The van der Waals surface area contributed by atoms with Gasteiger partial charge in [-0.25, -0.2) is 9.78 Å². The van der Waals surface area contributed by atoms with Gasteiger partial charge in [-0.2, -0.15) is 5.26 Å². The van der Waals surface area contributed by atoms with Crippen LogP contribution in [-0.2, 0) is 9.53 Å². The molecule has 2 heterocycles. The molecule has 0 saturated heterocycles. The number of halogens is 1. The normalized spacial score (nSPS) is 10.4. The SMILES string of the molecule is CCOC(=O)c1c(NC(=O)CC#N)cc(Cl)n1-c1ccc(-c2csc(C)n2)cc1. The molecule has 0 atom stereocenters. The summed E-state index contributed by atoms with van der Waals surface area (Å²) < 4.78 is 6.64. The molecule has 7 nitrogen and oxygen atoms in total. The van der Waals surface area contributed by atoms with Crippen LogP contribution in [-0.4, -0.2) is 28.0 Å². The van der Waals surface area contributed by atoms with E-state index in [0.717, 1.165) is 16.3 Å². The van der Waals surface area contributed by atoms with Gasteiger partial charge in [-0.1, -0.05) is 23.7 Å². The molecule has 0 radical (unpaired) electrons. The lowest BCUT2D eigenvalue weighted by molar-refractivity contribution is -0.115.